The molecule has 0 saturated heterocycles. The Balaban J connectivity index is 2.39. The van der Waals surface area contributed by atoms with Gasteiger partial charge >= 0.3 is 0 Å². The first-order chi connectivity index (χ1) is 8.61. The van der Waals surface area contributed by atoms with E-state index in [4.69, 9.17) is 0 Å². The topological polar surface area (TPSA) is 20.3 Å². The summed E-state index contributed by atoms with van der Waals surface area (Å²) in [6.07, 6.45) is 0.641. The second-order valence-electron chi connectivity index (χ2n) is 4.30. The van der Waals surface area contributed by atoms with Gasteiger partial charge in [0.25, 0.3) is 0 Å². The summed E-state index contributed by atoms with van der Waals surface area (Å²) < 4.78 is 13.8. The third kappa shape index (κ3) is 2.40. The summed E-state index contributed by atoms with van der Waals surface area (Å²) in [5.41, 5.74) is 2.71. The highest BCUT2D eigenvalue weighted by Crippen LogP contribution is 2.25. The third-order valence-electron chi connectivity index (χ3n) is 2.82. The van der Waals surface area contributed by atoms with E-state index in [9.17, 15) is 9.18 Å². The number of nitrogens with zero attached hydrogens (tertiary/aromatic N) is 1. The van der Waals surface area contributed by atoms with E-state index in [0.717, 1.165) is 11.3 Å². The number of hydrogen-bond donors (Lipinski definition) is 0. The molecule has 2 aromatic carbocycles. The summed E-state index contributed by atoms with van der Waals surface area (Å²) in [6, 6.07) is 12.1. The maximum absolute atomic E-state index is 13.8. The Labute approximate surface area is 106 Å². The highest BCUT2D eigenvalue weighted by Gasteiger charge is 2.06. The molecule has 2 aromatic rings. The minimum absolute atomic E-state index is 0.348. The van der Waals surface area contributed by atoms with E-state index in [1.165, 1.54) is 6.07 Å². The summed E-state index contributed by atoms with van der Waals surface area (Å²) in [5.74, 6) is -0.378. The molecule has 0 aliphatic heterocycles. The molecule has 2 rings (SSSR count). The van der Waals surface area contributed by atoms with Crippen LogP contribution in [0.1, 0.15) is 10.4 Å². The summed E-state index contributed by atoms with van der Waals surface area (Å²) in [6.45, 7) is 0. The fourth-order valence-electron chi connectivity index (χ4n) is 1.78. The van der Waals surface area contributed by atoms with Crippen LogP contribution in [0.3, 0.4) is 0 Å². The van der Waals surface area contributed by atoms with Crippen molar-refractivity contribution in [1.29, 1.82) is 0 Å². The second-order valence-corrected chi connectivity index (χ2v) is 4.30. The minimum atomic E-state index is -0.378. The molecule has 0 aromatic heterocycles. The second kappa shape index (κ2) is 5.00. The maximum atomic E-state index is 13.8. The minimum Gasteiger partial charge on any atom is -0.378 e. The zero-order chi connectivity index (χ0) is 13.1. The Bertz CT molecular complexity index is 561. The van der Waals surface area contributed by atoms with Crippen molar-refractivity contribution in [3.63, 3.8) is 0 Å². The van der Waals surface area contributed by atoms with Crippen LogP contribution < -0.4 is 4.90 Å². The molecule has 0 saturated carbocycles. The van der Waals surface area contributed by atoms with Gasteiger partial charge in [-0.1, -0.05) is 24.3 Å². The molecule has 0 fully saturated rings. The zero-order valence-corrected chi connectivity index (χ0v) is 10.4. The Hall–Kier alpha value is -2.16. The molecule has 2 nitrogen and oxygen atoms in total. The lowest BCUT2D eigenvalue weighted by Crippen LogP contribution is -2.07. The monoisotopic (exact) mass is 243 g/mol. The van der Waals surface area contributed by atoms with Crippen LogP contribution >= 0.6 is 0 Å². The predicted molar refractivity (Wildman–Crippen MR) is 71.6 cm³/mol. The Morgan fingerprint density at radius 3 is 2.22 bits per heavy atom. The molecule has 3 heteroatoms. The molecule has 0 aliphatic carbocycles. The molecule has 0 unspecified atom stereocenters. The Morgan fingerprint density at radius 1 is 1.06 bits per heavy atom. The number of anilines is 1. The molecule has 0 N–H and O–H groups in total. The first kappa shape index (κ1) is 12.3. The summed E-state index contributed by atoms with van der Waals surface area (Å²) >= 11 is 0. The number of benzene rings is 2. The molecule has 18 heavy (non-hydrogen) atoms. The van der Waals surface area contributed by atoms with Crippen molar-refractivity contribution >= 4 is 12.0 Å². The van der Waals surface area contributed by atoms with Crippen molar-refractivity contribution < 1.29 is 9.18 Å². The van der Waals surface area contributed by atoms with Crippen molar-refractivity contribution in [2.45, 2.75) is 0 Å². The van der Waals surface area contributed by atoms with Gasteiger partial charge in [0, 0.05) is 30.9 Å². The lowest BCUT2D eigenvalue weighted by Gasteiger charge is -2.13. The van der Waals surface area contributed by atoms with E-state index in [2.05, 4.69) is 0 Å². The normalized spacial score (nSPS) is 10.2. The summed E-state index contributed by atoms with van der Waals surface area (Å²) in [5, 5.41) is 0. The zero-order valence-electron chi connectivity index (χ0n) is 10.4. The first-order valence-electron chi connectivity index (χ1n) is 5.64. The van der Waals surface area contributed by atoms with Crippen LogP contribution in [0.4, 0.5) is 10.1 Å². The van der Waals surface area contributed by atoms with E-state index in [-0.39, 0.29) is 5.82 Å². The van der Waals surface area contributed by atoms with Gasteiger partial charge in [-0.05, 0) is 23.8 Å². The van der Waals surface area contributed by atoms with Crippen LogP contribution in [0.5, 0.6) is 0 Å². The van der Waals surface area contributed by atoms with Crippen molar-refractivity contribution in [3.8, 4) is 11.1 Å². The average Bonchev–Trinajstić information content (AvgIpc) is 2.38. The van der Waals surface area contributed by atoms with Gasteiger partial charge in [-0.3, -0.25) is 4.79 Å². The first-order valence-corrected chi connectivity index (χ1v) is 5.64. The average molecular weight is 243 g/mol. The van der Waals surface area contributed by atoms with Gasteiger partial charge in [0.15, 0.2) is 0 Å². The molecule has 0 spiro atoms. The van der Waals surface area contributed by atoms with Gasteiger partial charge in [-0.2, -0.15) is 0 Å². The highest BCUT2D eigenvalue weighted by atomic mass is 19.1. The van der Waals surface area contributed by atoms with Crippen LogP contribution in [0.2, 0.25) is 0 Å². The van der Waals surface area contributed by atoms with Gasteiger partial charge < -0.3 is 4.90 Å². The molecule has 0 amide bonds. The van der Waals surface area contributed by atoms with Crippen molar-refractivity contribution in [2.75, 3.05) is 19.0 Å². The summed E-state index contributed by atoms with van der Waals surface area (Å²) in [7, 11) is 3.91. The molecule has 0 heterocycles. The van der Waals surface area contributed by atoms with Crippen LogP contribution in [0.25, 0.3) is 11.1 Å². The molecule has 0 radical (unpaired) electrons. The van der Waals surface area contributed by atoms with Gasteiger partial charge in [0.05, 0.1) is 0 Å². The fraction of sp³-hybridized carbons (Fsp3) is 0.133. The number of hydrogen-bond acceptors (Lipinski definition) is 2. The van der Waals surface area contributed by atoms with Crippen molar-refractivity contribution in [1.82, 2.24) is 0 Å². The predicted octanol–water partition coefficient (Wildman–Crippen LogP) is 3.37. The maximum Gasteiger partial charge on any atom is 0.150 e. The SMILES string of the molecule is CN(C)c1ccc(-c2ccc(C=O)cc2F)cc1. The number of carbonyl (C=O) groups is 1. The third-order valence-corrected chi connectivity index (χ3v) is 2.82. The molecule has 92 valence electrons. The highest BCUT2D eigenvalue weighted by molar-refractivity contribution is 5.77. The van der Waals surface area contributed by atoms with Crippen LogP contribution in [-0.4, -0.2) is 20.4 Å². The van der Waals surface area contributed by atoms with Crippen LogP contribution in [0.15, 0.2) is 42.5 Å². The Morgan fingerprint density at radius 2 is 1.72 bits per heavy atom. The smallest absolute Gasteiger partial charge is 0.150 e. The molecular weight excluding hydrogens is 229 g/mol. The van der Waals surface area contributed by atoms with E-state index in [1.807, 2.05) is 43.3 Å². The number of halogens is 1. The largest absolute Gasteiger partial charge is 0.378 e. The van der Waals surface area contributed by atoms with Crippen LogP contribution in [-0.2, 0) is 0 Å². The van der Waals surface area contributed by atoms with Crippen LogP contribution in [0, 0.1) is 5.82 Å². The molecule has 0 aliphatic rings. The van der Waals surface area contributed by atoms with E-state index < -0.39 is 0 Å². The lowest BCUT2D eigenvalue weighted by atomic mass is 10.0. The molecule has 0 bridgehead atoms. The lowest BCUT2D eigenvalue weighted by molar-refractivity contribution is 0.112. The van der Waals surface area contributed by atoms with E-state index >= 15 is 0 Å². The van der Waals surface area contributed by atoms with Crippen molar-refractivity contribution in [3.05, 3.63) is 53.8 Å². The quantitative estimate of drug-likeness (QED) is 0.770. The van der Waals surface area contributed by atoms with Gasteiger partial charge in [0.2, 0.25) is 0 Å². The van der Waals surface area contributed by atoms with E-state index in [1.54, 1.807) is 12.1 Å². The van der Waals surface area contributed by atoms with Gasteiger partial charge in [0.1, 0.15) is 12.1 Å². The van der Waals surface area contributed by atoms with Crippen molar-refractivity contribution in [2.24, 2.45) is 0 Å². The standard InChI is InChI=1S/C15H14FNO/c1-17(2)13-6-4-12(5-7-13)14-8-3-11(10-18)9-15(14)16/h3-10H,1-2H3. The number of rotatable bonds is 3. The number of aldehydes is 1. The van der Waals surface area contributed by atoms with Gasteiger partial charge in [-0.15, -0.1) is 0 Å². The van der Waals surface area contributed by atoms with Gasteiger partial charge in [-0.25, -0.2) is 4.39 Å². The Kier molecular flexibility index (Phi) is 3.42. The fourth-order valence-corrected chi connectivity index (χ4v) is 1.78. The number of carbonyl (C=O) groups excluding carboxylic acids is 1. The molecular formula is C15H14FNO. The summed E-state index contributed by atoms with van der Waals surface area (Å²) in [4.78, 5) is 12.5. The van der Waals surface area contributed by atoms with E-state index in [0.29, 0.717) is 17.4 Å². The molecule has 0 atom stereocenters.